The highest BCUT2D eigenvalue weighted by Gasteiger charge is 2.51. The molecular weight excluding hydrogens is 478 g/mol. The standard InChI is InChI=1S/C28H39NO8/c1-6-10-18-36-21(5)20-37-28(26(31)34-8-3,27(32)35-9-4)19-22-13-15-23(16-14-22)29-17-11-12-24(29)25(30)33-7-2/h1,13-16,21,24H,7-12,17-20H2,2-5H3. The summed E-state index contributed by atoms with van der Waals surface area (Å²) in [6.45, 7) is 8.36. The van der Waals surface area contributed by atoms with Crippen LogP contribution in [0.1, 0.15) is 52.5 Å². The van der Waals surface area contributed by atoms with Gasteiger partial charge in [0.05, 0.1) is 39.1 Å². The van der Waals surface area contributed by atoms with Crippen LogP contribution in [-0.4, -0.2) is 75.2 Å². The highest BCUT2D eigenvalue weighted by Crippen LogP contribution is 2.29. The van der Waals surface area contributed by atoms with E-state index in [1.807, 2.05) is 17.0 Å². The molecule has 1 aromatic rings. The molecule has 1 heterocycles. The third-order valence-electron chi connectivity index (χ3n) is 5.96. The summed E-state index contributed by atoms with van der Waals surface area (Å²) < 4.78 is 27.3. The molecule has 0 aromatic heterocycles. The molecule has 0 bridgehead atoms. The molecule has 2 atom stereocenters. The highest BCUT2D eigenvalue weighted by molar-refractivity contribution is 6.04. The molecule has 0 radical (unpaired) electrons. The number of esters is 3. The molecule has 2 unspecified atom stereocenters. The number of carbonyl (C=O) groups is 3. The van der Waals surface area contributed by atoms with E-state index in [1.165, 1.54) is 0 Å². The lowest BCUT2D eigenvalue weighted by Crippen LogP contribution is -2.54. The monoisotopic (exact) mass is 517 g/mol. The number of rotatable bonds is 15. The van der Waals surface area contributed by atoms with Gasteiger partial charge in [0, 0.05) is 25.1 Å². The highest BCUT2D eigenvalue weighted by atomic mass is 16.6. The van der Waals surface area contributed by atoms with Crippen LogP contribution in [0.3, 0.4) is 0 Å². The second kappa shape index (κ2) is 15.2. The Labute approximate surface area is 219 Å². The van der Waals surface area contributed by atoms with Gasteiger partial charge in [0.25, 0.3) is 5.60 Å². The van der Waals surface area contributed by atoms with E-state index in [2.05, 4.69) is 5.92 Å². The van der Waals surface area contributed by atoms with Gasteiger partial charge < -0.3 is 28.6 Å². The van der Waals surface area contributed by atoms with E-state index < -0.39 is 23.6 Å². The van der Waals surface area contributed by atoms with E-state index in [1.54, 1.807) is 39.8 Å². The van der Waals surface area contributed by atoms with Crippen LogP contribution in [-0.2, 0) is 44.5 Å². The molecule has 0 spiro atoms. The van der Waals surface area contributed by atoms with E-state index in [0.29, 0.717) is 25.2 Å². The Balaban J connectivity index is 2.28. The summed E-state index contributed by atoms with van der Waals surface area (Å²) in [5.41, 5.74) is -0.482. The van der Waals surface area contributed by atoms with Crippen molar-refractivity contribution in [3.8, 4) is 12.3 Å². The number of ether oxygens (including phenoxy) is 5. The lowest BCUT2D eigenvalue weighted by Gasteiger charge is -2.31. The average Bonchev–Trinajstić information content (AvgIpc) is 3.38. The van der Waals surface area contributed by atoms with Gasteiger partial charge in [0.2, 0.25) is 0 Å². The first-order valence-electron chi connectivity index (χ1n) is 12.9. The molecule has 0 amide bonds. The van der Waals surface area contributed by atoms with Crippen LogP contribution in [0.4, 0.5) is 5.69 Å². The molecule has 9 nitrogen and oxygen atoms in total. The van der Waals surface area contributed by atoms with Crippen LogP contribution in [0.2, 0.25) is 0 Å². The van der Waals surface area contributed by atoms with Gasteiger partial charge in [0.1, 0.15) is 6.04 Å². The average molecular weight is 518 g/mol. The minimum atomic E-state index is -2.00. The van der Waals surface area contributed by atoms with E-state index in [9.17, 15) is 14.4 Å². The fourth-order valence-electron chi connectivity index (χ4n) is 4.17. The number of terminal acetylenes is 1. The largest absolute Gasteiger partial charge is 0.464 e. The van der Waals surface area contributed by atoms with E-state index in [4.69, 9.17) is 30.1 Å². The number of nitrogens with zero attached hydrogens (tertiary/aromatic N) is 1. The van der Waals surface area contributed by atoms with Crippen molar-refractivity contribution < 1.29 is 38.1 Å². The summed E-state index contributed by atoms with van der Waals surface area (Å²) in [5, 5.41) is 0. The van der Waals surface area contributed by atoms with Crippen molar-refractivity contribution in [3.63, 3.8) is 0 Å². The van der Waals surface area contributed by atoms with Crippen molar-refractivity contribution in [2.45, 2.75) is 71.1 Å². The van der Waals surface area contributed by atoms with Crippen LogP contribution in [0, 0.1) is 12.3 Å². The Hall–Kier alpha value is -3.09. The Morgan fingerprint density at radius 3 is 2.24 bits per heavy atom. The minimum absolute atomic E-state index is 0.0463. The molecule has 0 aliphatic carbocycles. The van der Waals surface area contributed by atoms with Crippen LogP contribution in [0.15, 0.2) is 24.3 Å². The molecule has 2 rings (SSSR count). The van der Waals surface area contributed by atoms with Gasteiger partial charge in [-0.05, 0) is 58.2 Å². The molecule has 1 aromatic carbocycles. The van der Waals surface area contributed by atoms with Gasteiger partial charge >= 0.3 is 17.9 Å². The third kappa shape index (κ3) is 8.20. The van der Waals surface area contributed by atoms with Crippen LogP contribution >= 0.6 is 0 Å². The topological polar surface area (TPSA) is 101 Å². The summed E-state index contributed by atoms with van der Waals surface area (Å²) >= 11 is 0. The van der Waals surface area contributed by atoms with Gasteiger partial charge in [-0.3, -0.25) is 0 Å². The molecule has 1 aliphatic heterocycles. The summed E-state index contributed by atoms with van der Waals surface area (Å²) in [5.74, 6) is 0.611. The van der Waals surface area contributed by atoms with Crippen molar-refractivity contribution in [2.24, 2.45) is 0 Å². The number of hydrogen-bond acceptors (Lipinski definition) is 9. The van der Waals surface area contributed by atoms with E-state index in [0.717, 1.165) is 25.1 Å². The zero-order chi connectivity index (χ0) is 27.3. The molecule has 0 N–H and O–H groups in total. The molecule has 37 heavy (non-hydrogen) atoms. The zero-order valence-electron chi connectivity index (χ0n) is 22.3. The number of hydrogen-bond donors (Lipinski definition) is 0. The van der Waals surface area contributed by atoms with Gasteiger partial charge in [-0.2, -0.15) is 0 Å². The fourth-order valence-corrected chi connectivity index (χ4v) is 4.17. The molecule has 1 saturated heterocycles. The van der Waals surface area contributed by atoms with Crippen LogP contribution in [0.25, 0.3) is 0 Å². The van der Waals surface area contributed by atoms with Crippen molar-refractivity contribution in [2.75, 3.05) is 44.5 Å². The number of benzene rings is 1. The Kier molecular flexibility index (Phi) is 12.4. The summed E-state index contributed by atoms with van der Waals surface area (Å²) in [7, 11) is 0. The summed E-state index contributed by atoms with van der Waals surface area (Å²) in [6.07, 6.45) is 6.80. The lowest BCUT2D eigenvalue weighted by atomic mass is 9.93. The smallest absolute Gasteiger partial charge is 0.350 e. The zero-order valence-corrected chi connectivity index (χ0v) is 22.3. The van der Waals surface area contributed by atoms with E-state index >= 15 is 0 Å². The van der Waals surface area contributed by atoms with Crippen LogP contribution < -0.4 is 4.90 Å². The normalized spacial score (nSPS) is 16.1. The maximum absolute atomic E-state index is 13.1. The van der Waals surface area contributed by atoms with Gasteiger partial charge in [-0.1, -0.05) is 12.1 Å². The van der Waals surface area contributed by atoms with Gasteiger partial charge in [-0.15, -0.1) is 12.3 Å². The molecule has 9 heteroatoms. The number of anilines is 1. The SMILES string of the molecule is C#CCCOC(C)COC(Cc1ccc(N2CCCC2C(=O)OCC)cc1)(C(=O)OCC)C(=O)OCC. The van der Waals surface area contributed by atoms with E-state index in [-0.39, 0.29) is 38.3 Å². The number of carbonyl (C=O) groups excluding carboxylic acids is 3. The predicted molar refractivity (Wildman–Crippen MR) is 138 cm³/mol. The lowest BCUT2D eigenvalue weighted by molar-refractivity contribution is -0.194. The molecule has 1 aliphatic rings. The fraction of sp³-hybridized carbons (Fsp3) is 0.607. The summed E-state index contributed by atoms with van der Waals surface area (Å²) in [4.78, 5) is 40.7. The van der Waals surface area contributed by atoms with Crippen molar-refractivity contribution in [3.05, 3.63) is 29.8 Å². The minimum Gasteiger partial charge on any atom is -0.464 e. The molecule has 204 valence electrons. The summed E-state index contributed by atoms with van der Waals surface area (Å²) in [6, 6.07) is 7.00. The molecule has 0 saturated carbocycles. The Morgan fingerprint density at radius 2 is 1.68 bits per heavy atom. The Bertz CT molecular complexity index is 905. The first-order valence-corrected chi connectivity index (χ1v) is 12.9. The maximum atomic E-state index is 13.1. The Morgan fingerprint density at radius 1 is 1.05 bits per heavy atom. The third-order valence-corrected chi connectivity index (χ3v) is 5.96. The van der Waals surface area contributed by atoms with Crippen molar-refractivity contribution in [1.29, 1.82) is 0 Å². The van der Waals surface area contributed by atoms with Gasteiger partial charge in [0.15, 0.2) is 0 Å². The predicted octanol–water partition coefficient (Wildman–Crippen LogP) is 3.07. The van der Waals surface area contributed by atoms with Crippen molar-refractivity contribution >= 4 is 23.6 Å². The second-order valence-corrected chi connectivity index (χ2v) is 8.66. The van der Waals surface area contributed by atoms with Crippen molar-refractivity contribution in [1.82, 2.24) is 0 Å². The van der Waals surface area contributed by atoms with Crippen LogP contribution in [0.5, 0.6) is 0 Å². The quantitative estimate of drug-likeness (QED) is 0.114. The first-order chi connectivity index (χ1) is 17.8. The molecular formula is C28H39NO8. The maximum Gasteiger partial charge on any atom is 0.350 e. The second-order valence-electron chi connectivity index (χ2n) is 8.66. The first kappa shape index (κ1) is 30.1. The molecule has 1 fully saturated rings. The van der Waals surface area contributed by atoms with Gasteiger partial charge in [-0.25, -0.2) is 14.4 Å².